The Hall–Kier alpha value is -3.99. The van der Waals surface area contributed by atoms with Crippen LogP contribution in [0.1, 0.15) is 26.3 Å². The fraction of sp³-hybridized carbons (Fsp3) is 0.0800. The van der Waals surface area contributed by atoms with Crippen molar-refractivity contribution in [2.24, 2.45) is 0 Å². The summed E-state index contributed by atoms with van der Waals surface area (Å²) < 4.78 is 4.83. The van der Waals surface area contributed by atoms with Gasteiger partial charge in [-0.3, -0.25) is 4.79 Å². The second-order valence-electron chi connectivity index (χ2n) is 6.83. The van der Waals surface area contributed by atoms with E-state index in [4.69, 9.17) is 9.72 Å². The fourth-order valence-corrected chi connectivity index (χ4v) is 3.54. The molecule has 3 aromatic carbocycles. The van der Waals surface area contributed by atoms with Gasteiger partial charge in [-0.1, -0.05) is 60.7 Å². The summed E-state index contributed by atoms with van der Waals surface area (Å²) in [4.78, 5) is 30.3. The molecule has 1 N–H and O–H groups in total. The number of esters is 1. The lowest BCUT2D eigenvalue weighted by Gasteiger charge is -2.16. The van der Waals surface area contributed by atoms with Gasteiger partial charge in [0.05, 0.1) is 35.1 Å². The predicted molar refractivity (Wildman–Crippen MR) is 118 cm³/mol. The summed E-state index contributed by atoms with van der Waals surface area (Å²) in [6.07, 6.45) is 0. The molecule has 4 aromatic rings. The highest BCUT2D eigenvalue weighted by atomic mass is 16.5. The van der Waals surface area contributed by atoms with Crippen molar-refractivity contribution in [3.8, 4) is 11.3 Å². The second kappa shape index (κ2) is 8.17. The molecule has 1 heterocycles. The molecule has 1 aromatic heterocycles. The lowest BCUT2D eigenvalue weighted by atomic mass is 9.97. The number of fused-ring (bicyclic) bond motifs is 1. The number of anilines is 1. The van der Waals surface area contributed by atoms with Crippen LogP contribution in [0.25, 0.3) is 22.2 Å². The highest BCUT2D eigenvalue weighted by Gasteiger charge is 2.21. The van der Waals surface area contributed by atoms with Gasteiger partial charge in [-0.05, 0) is 30.7 Å². The molecular formula is C25H20N2O3. The summed E-state index contributed by atoms with van der Waals surface area (Å²) in [7, 11) is 1.31. The Balaban J connectivity index is 1.86. The van der Waals surface area contributed by atoms with Gasteiger partial charge in [-0.15, -0.1) is 0 Å². The summed E-state index contributed by atoms with van der Waals surface area (Å²) in [5.74, 6) is -0.813. The summed E-state index contributed by atoms with van der Waals surface area (Å²) in [5, 5.41) is 3.64. The number of nitrogens with zero attached hydrogens (tertiary/aromatic N) is 1. The fourth-order valence-electron chi connectivity index (χ4n) is 3.54. The smallest absolute Gasteiger partial charge is 0.339 e. The average molecular weight is 396 g/mol. The molecule has 0 saturated carbocycles. The number of rotatable bonds is 4. The van der Waals surface area contributed by atoms with E-state index in [1.165, 1.54) is 7.11 Å². The van der Waals surface area contributed by atoms with Crippen LogP contribution in [0.15, 0.2) is 78.9 Å². The Bertz CT molecular complexity index is 1250. The third-order valence-corrected chi connectivity index (χ3v) is 4.99. The summed E-state index contributed by atoms with van der Waals surface area (Å²) in [5.41, 5.74) is 4.41. The first kappa shape index (κ1) is 19.3. The number of aromatic nitrogens is 1. The van der Waals surface area contributed by atoms with E-state index in [-0.39, 0.29) is 5.91 Å². The highest BCUT2D eigenvalue weighted by Crippen LogP contribution is 2.30. The summed E-state index contributed by atoms with van der Waals surface area (Å²) in [6.45, 7) is 1.89. The highest BCUT2D eigenvalue weighted by molar-refractivity contribution is 6.15. The maximum atomic E-state index is 13.4. The first-order valence-electron chi connectivity index (χ1n) is 9.53. The SMILES string of the molecule is COC(=O)c1ccccc1NC(=O)c1c(C)c(-c2ccccc2)nc2ccccc12. The molecule has 4 rings (SSSR count). The van der Waals surface area contributed by atoms with Crippen LogP contribution < -0.4 is 5.32 Å². The number of hydrogen-bond donors (Lipinski definition) is 1. The Morgan fingerprint density at radius 3 is 2.30 bits per heavy atom. The minimum atomic E-state index is -0.507. The standard InChI is InChI=1S/C25H20N2O3/c1-16-22(24(28)27-21-15-9-7-13-19(21)25(29)30-2)18-12-6-8-14-20(18)26-23(16)17-10-4-3-5-11-17/h3-15H,1-2H3,(H,27,28). The van der Waals surface area contributed by atoms with Crippen molar-refractivity contribution in [1.29, 1.82) is 0 Å². The van der Waals surface area contributed by atoms with Crippen molar-refractivity contribution in [1.82, 2.24) is 4.98 Å². The molecule has 0 aliphatic rings. The third-order valence-electron chi connectivity index (χ3n) is 4.99. The first-order chi connectivity index (χ1) is 14.6. The minimum absolute atomic E-state index is 0.299. The van der Waals surface area contributed by atoms with Gasteiger partial charge in [0.2, 0.25) is 0 Å². The number of carbonyl (C=O) groups excluding carboxylic acids is 2. The van der Waals surface area contributed by atoms with Gasteiger partial charge in [0.25, 0.3) is 5.91 Å². The first-order valence-corrected chi connectivity index (χ1v) is 9.53. The maximum Gasteiger partial charge on any atom is 0.339 e. The zero-order valence-corrected chi connectivity index (χ0v) is 16.7. The monoisotopic (exact) mass is 396 g/mol. The molecule has 0 unspecified atom stereocenters. The van der Waals surface area contributed by atoms with E-state index in [1.54, 1.807) is 24.3 Å². The van der Waals surface area contributed by atoms with Gasteiger partial charge in [-0.25, -0.2) is 9.78 Å². The quantitative estimate of drug-likeness (QED) is 0.479. The number of para-hydroxylation sites is 2. The molecular weight excluding hydrogens is 376 g/mol. The van der Waals surface area contributed by atoms with Gasteiger partial charge >= 0.3 is 5.97 Å². The molecule has 30 heavy (non-hydrogen) atoms. The number of methoxy groups -OCH3 is 1. The molecule has 0 radical (unpaired) electrons. The molecule has 1 amide bonds. The van der Waals surface area contributed by atoms with Crippen LogP contribution in [0.3, 0.4) is 0 Å². The minimum Gasteiger partial charge on any atom is -0.465 e. The summed E-state index contributed by atoms with van der Waals surface area (Å²) >= 11 is 0. The normalized spacial score (nSPS) is 10.6. The Morgan fingerprint density at radius 1 is 0.867 bits per heavy atom. The Kier molecular flexibility index (Phi) is 5.26. The van der Waals surface area contributed by atoms with E-state index >= 15 is 0 Å². The summed E-state index contributed by atoms with van der Waals surface area (Å²) in [6, 6.07) is 24.1. The number of benzene rings is 3. The van der Waals surface area contributed by atoms with Gasteiger partial charge < -0.3 is 10.1 Å². The van der Waals surface area contributed by atoms with Crippen LogP contribution in [-0.2, 0) is 4.74 Å². The molecule has 148 valence electrons. The van der Waals surface area contributed by atoms with E-state index in [0.717, 1.165) is 27.7 Å². The van der Waals surface area contributed by atoms with Crippen LogP contribution in [0.2, 0.25) is 0 Å². The van der Waals surface area contributed by atoms with Crippen molar-refractivity contribution in [3.05, 3.63) is 95.6 Å². The van der Waals surface area contributed by atoms with Gasteiger partial charge in [-0.2, -0.15) is 0 Å². The van der Waals surface area contributed by atoms with Crippen molar-refractivity contribution in [2.45, 2.75) is 6.92 Å². The zero-order chi connectivity index (χ0) is 21.1. The topological polar surface area (TPSA) is 68.3 Å². The lowest BCUT2D eigenvalue weighted by Crippen LogP contribution is -2.17. The Morgan fingerprint density at radius 2 is 1.53 bits per heavy atom. The van der Waals surface area contributed by atoms with Gasteiger partial charge in [0.15, 0.2) is 0 Å². The molecule has 5 nitrogen and oxygen atoms in total. The zero-order valence-electron chi connectivity index (χ0n) is 16.7. The molecule has 0 saturated heterocycles. The molecule has 0 fully saturated rings. The van der Waals surface area contributed by atoms with Crippen LogP contribution >= 0.6 is 0 Å². The van der Waals surface area contributed by atoms with Crippen molar-refractivity contribution < 1.29 is 14.3 Å². The molecule has 0 bridgehead atoms. The number of hydrogen-bond acceptors (Lipinski definition) is 4. The second-order valence-corrected chi connectivity index (χ2v) is 6.83. The van der Waals surface area contributed by atoms with Crippen LogP contribution in [-0.4, -0.2) is 24.0 Å². The van der Waals surface area contributed by atoms with Crippen LogP contribution in [0, 0.1) is 6.92 Å². The van der Waals surface area contributed by atoms with Crippen molar-refractivity contribution >= 4 is 28.5 Å². The molecule has 0 atom stereocenters. The van der Waals surface area contributed by atoms with E-state index in [0.29, 0.717) is 16.8 Å². The van der Waals surface area contributed by atoms with Crippen LogP contribution in [0.5, 0.6) is 0 Å². The predicted octanol–water partition coefficient (Wildman–Crippen LogP) is 5.25. The average Bonchev–Trinajstić information content (AvgIpc) is 2.79. The van der Waals surface area contributed by atoms with Gasteiger partial charge in [0, 0.05) is 10.9 Å². The third kappa shape index (κ3) is 3.53. The number of nitrogens with one attached hydrogen (secondary N) is 1. The van der Waals surface area contributed by atoms with Gasteiger partial charge in [0.1, 0.15) is 0 Å². The van der Waals surface area contributed by atoms with E-state index in [2.05, 4.69) is 5.32 Å². The van der Waals surface area contributed by atoms with Crippen molar-refractivity contribution in [2.75, 3.05) is 12.4 Å². The Labute approximate surface area is 174 Å². The van der Waals surface area contributed by atoms with E-state index in [1.807, 2.05) is 61.5 Å². The van der Waals surface area contributed by atoms with Crippen LogP contribution in [0.4, 0.5) is 5.69 Å². The molecule has 0 aliphatic carbocycles. The number of carbonyl (C=O) groups is 2. The molecule has 0 spiro atoms. The largest absolute Gasteiger partial charge is 0.465 e. The van der Waals surface area contributed by atoms with Crippen molar-refractivity contribution in [3.63, 3.8) is 0 Å². The number of ether oxygens (including phenoxy) is 1. The maximum absolute atomic E-state index is 13.4. The number of pyridine rings is 1. The van der Waals surface area contributed by atoms with E-state index < -0.39 is 5.97 Å². The number of amides is 1. The molecule has 0 aliphatic heterocycles. The molecule has 5 heteroatoms. The van der Waals surface area contributed by atoms with E-state index in [9.17, 15) is 9.59 Å². The lowest BCUT2D eigenvalue weighted by molar-refractivity contribution is 0.0602.